The molecule has 214 valence electrons. The first-order valence-corrected chi connectivity index (χ1v) is 15.5. The highest BCUT2D eigenvalue weighted by atomic mass is 32.2. The molecule has 1 N–H and O–H groups in total. The average Bonchev–Trinajstić information content (AvgIpc) is 2.90. The summed E-state index contributed by atoms with van der Waals surface area (Å²) in [5.41, 5.74) is 5.02. The van der Waals surface area contributed by atoms with Gasteiger partial charge in [0.2, 0.25) is 21.8 Å². The van der Waals surface area contributed by atoms with Crippen LogP contribution in [0, 0.1) is 20.8 Å². The number of sulfonamides is 1. The van der Waals surface area contributed by atoms with Gasteiger partial charge in [0, 0.05) is 19.0 Å². The Kier molecular flexibility index (Phi) is 10.5. The minimum absolute atomic E-state index is 0.0789. The highest BCUT2D eigenvalue weighted by Crippen LogP contribution is 2.25. The first-order chi connectivity index (χ1) is 18.9. The summed E-state index contributed by atoms with van der Waals surface area (Å²) < 4.78 is 27.1. The first-order valence-electron chi connectivity index (χ1n) is 13.6. The summed E-state index contributed by atoms with van der Waals surface area (Å²) in [7, 11) is -3.80. The van der Waals surface area contributed by atoms with Crippen molar-refractivity contribution in [1.82, 2.24) is 10.2 Å². The normalized spacial score (nSPS) is 12.8. The van der Waals surface area contributed by atoms with Gasteiger partial charge in [-0.3, -0.25) is 13.9 Å². The molecule has 0 aromatic heterocycles. The second-order valence-corrected chi connectivity index (χ2v) is 12.5. The maximum absolute atomic E-state index is 14.2. The quantitative estimate of drug-likeness (QED) is 0.339. The van der Waals surface area contributed by atoms with Crippen molar-refractivity contribution in [2.45, 2.75) is 66.1 Å². The predicted octanol–water partition coefficient (Wildman–Crippen LogP) is 4.93. The Bertz CT molecular complexity index is 1410. The molecule has 7 nitrogen and oxygen atoms in total. The summed E-state index contributed by atoms with van der Waals surface area (Å²) in [5.74, 6) is -0.720. The van der Waals surface area contributed by atoms with Crippen molar-refractivity contribution in [3.63, 3.8) is 0 Å². The fraction of sp³-hybridized carbons (Fsp3) is 0.375. The van der Waals surface area contributed by atoms with Gasteiger partial charge in [-0.1, -0.05) is 84.8 Å². The molecule has 0 aliphatic rings. The summed E-state index contributed by atoms with van der Waals surface area (Å²) in [6.45, 7) is 9.40. The maximum Gasteiger partial charge on any atom is 0.244 e. The molecule has 40 heavy (non-hydrogen) atoms. The van der Waals surface area contributed by atoms with E-state index in [1.54, 1.807) is 6.07 Å². The van der Waals surface area contributed by atoms with Gasteiger partial charge in [0.05, 0.1) is 11.9 Å². The third-order valence-electron chi connectivity index (χ3n) is 7.05. The van der Waals surface area contributed by atoms with E-state index >= 15 is 0 Å². The Balaban J connectivity index is 2.07. The predicted molar refractivity (Wildman–Crippen MR) is 162 cm³/mol. The second-order valence-electron chi connectivity index (χ2n) is 10.6. The molecular weight excluding hydrogens is 522 g/mol. The number of benzene rings is 3. The van der Waals surface area contributed by atoms with Gasteiger partial charge in [0.15, 0.2) is 0 Å². The largest absolute Gasteiger partial charge is 0.352 e. The number of rotatable bonds is 12. The molecule has 2 atom stereocenters. The first kappa shape index (κ1) is 30.9. The smallest absolute Gasteiger partial charge is 0.244 e. The van der Waals surface area contributed by atoms with Gasteiger partial charge in [0.1, 0.15) is 12.6 Å². The molecular formula is C32H41N3O4S. The van der Waals surface area contributed by atoms with E-state index in [1.165, 1.54) is 4.90 Å². The Morgan fingerprint density at radius 1 is 0.875 bits per heavy atom. The monoisotopic (exact) mass is 563 g/mol. The van der Waals surface area contributed by atoms with E-state index in [4.69, 9.17) is 0 Å². The highest BCUT2D eigenvalue weighted by Gasteiger charge is 2.33. The molecule has 3 aromatic rings. The SMILES string of the molecule is CC[C@@H](C)NC(=O)[C@H](Cc1ccccc1)N(Cc1ccc(C)cc1)C(=O)CN(c1ccc(C)cc1C)S(C)(=O)=O. The fourth-order valence-electron chi connectivity index (χ4n) is 4.57. The second kappa shape index (κ2) is 13.6. The molecule has 0 saturated heterocycles. The van der Waals surface area contributed by atoms with Crippen molar-refractivity contribution in [3.05, 3.63) is 101 Å². The minimum Gasteiger partial charge on any atom is -0.352 e. The number of nitrogens with one attached hydrogen (secondary N) is 1. The number of anilines is 1. The lowest BCUT2D eigenvalue weighted by Gasteiger charge is -2.34. The van der Waals surface area contributed by atoms with E-state index in [0.717, 1.165) is 44.8 Å². The van der Waals surface area contributed by atoms with Gasteiger partial charge < -0.3 is 10.2 Å². The van der Waals surface area contributed by atoms with E-state index in [2.05, 4.69) is 5.32 Å². The standard InChI is InChI=1S/C32H41N3O4S/c1-7-26(5)33-32(37)30(20-27-11-9-8-10-12-27)34(21-28-16-13-23(2)14-17-28)31(36)22-35(40(6,38)39)29-18-15-24(3)19-25(29)4/h8-19,26,30H,7,20-22H2,1-6H3,(H,33,37)/t26-,30+/m1/s1. The third kappa shape index (κ3) is 8.42. The van der Waals surface area contributed by atoms with Crippen molar-refractivity contribution in [1.29, 1.82) is 0 Å². The van der Waals surface area contributed by atoms with Crippen molar-refractivity contribution in [3.8, 4) is 0 Å². The maximum atomic E-state index is 14.2. The lowest BCUT2D eigenvalue weighted by molar-refractivity contribution is -0.140. The zero-order valence-corrected chi connectivity index (χ0v) is 25.2. The number of carbonyl (C=O) groups excluding carboxylic acids is 2. The van der Waals surface area contributed by atoms with E-state index < -0.39 is 28.5 Å². The van der Waals surface area contributed by atoms with Crippen LogP contribution in [0.5, 0.6) is 0 Å². The molecule has 3 rings (SSSR count). The van der Waals surface area contributed by atoms with Crippen LogP contribution < -0.4 is 9.62 Å². The average molecular weight is 564 g/mol. The van der Waals surface area contributed by atoms with E-state index in [-0.39, 0.29) is 18.5 Å². The summed E-state index contributed by atoms with van der Waals surface area (Å²) in [4.78, 5) is 29.4. The molecule has 0 radical (unpaired) electrons. The zero-order chi connectivity index (χ0) is 29.4. The molecule has 0 spiro atoms. The topological polar surface area (TPSA) is 86.8 Å². The Morgan fingerprint density at radius 3 is 2.08 bits per heavy atom. The van der Waals surface area contributed by atoms with Crippen LogP contribution in [0.3, 0.4) is 0 Å². The third-order valence-corrected chi connectivity index (χ3v) is 8.17. The van der Waals surface area contributed by atoms with Crippen LogP contribution in [0.1, 0.15) is 48.1 Å². The van der Waals surface area contributed by atoms with Crippen LogP contribution in [0.15, 0.2) is 72.8 Å². The number of nitrogens with zero attached hydrogens (tertiary/aromatic N) is 2. The van der Waals surface area contributed by atoms with Gasteiger partial charge in [-0.05, 0) is 56.9 Å². The summed E-state index contributed by atoms with van der Waals surface area (Å²) >= 11 is 0. The van der Waals surface area contributed by atoms with Crippen LogP contribution in [-0.4, -0.2) is 50.0 Å². The molecule has 0 heterocycles. The van der Waals surface area contributed by atoms with Gasteiger partial charge in [-0.2, -0.15) is 0 Å². The molecule has 0 unspecified atom stereocenters. The van der Waals surface area contributed by atoms with Crippen molar-refractivity contribution < 1.29 is 18.0 Å². The van der Waals surface area contributed by atoms with Crippen molar-refractivity contribution >= 4 is 27.5 Å². The Morgan fingerprint density at radius 2 is 1.50 bits per heavy atom. The number of hydrogen-bond acceptors (Lipinski definition) is 4. The van der Waals surface area contributed by atoms with E-state index in [0.29, 0.717) is 12.1 Å². The van der Waals surface area contributed by atoms with E-state index in [9.17, 15) is 18.0 Å². The van der Waals surface area contributed by atoms with Gasteiger partial charge in [0.25, 0.3) is 0 Å². The molecule has 3 aromatic carbocycles. The molecule has 0 aliphatic heterocycles. The lowest BCUT2D eigenvalue weighted by atomic mass is 10.0. The van der Waals surface area contributed by atoms with Crippen molar-refractivity contribution in [2.75, 3.05) is 17.1 Å². The number of amides is 2. The van der Waals surface area contributed by atoms with Crippen LogP contribution in [0.4, 0.5) is 5.69 Å². The molecule has 2 amide bonds. The van der Waals surface area contributed by atoms with Gasteiger partial charge in [-0.15, -0.1) is 0 Å². The van der Waals surface area contributed by atoms with Crippen LogP contribution in [0.25, 0.3) is 0 Å². The molecule has 8 heteroatoms. The minimum atomic E-state index is -3.80. The Labute approximate surface area is 239 Å². The summed E-state index contributed by atoms with van der Waals surface area (Å²) in [5, 5.41) is 3.05. The fourth-order valence-corrected chi connectivity index (χ4v) is 5.47. The Hall–Kier alpha value is -3.65. The summed E-state index contributed by atoms with van der Waals surface area (Å²) in [6.07, 6.45) is 2.13. The highest BCUT2D eigenvalue weighted by molar-refractivity contribution is 7.92. The molecule has 0 fully saturated rings. The van der Waals surface area contributed by atoms with Crippen LogP contribution in [-0.2, 0) is 32.6 Å². The molecule has 0 saturated carbocycles. The summed E-state index contributed by atoms with van der Waals surface area (Å²) in [6, 6.07) is 21.9. The van der Waals surface area contributed by atoms with Gasteiger partial charge in [-0.25, -0.2) is 8.42 Å². The number of carbonyl (C=O) groups is 2. The van der Waals surface area contributed by atoms with Crippen LogP contribution >= 0.6 is 0 Å². The van der Waals surface area contributed by atoms with Gasteiger partial charge >= 0.3 is 0 Å². The number of hydrogen-bond donors (Lipinski definition) is 1. The molecule has 0 bridgehead atoms. The van der Waals surface area contributed by atoms with E-state index in [1.807, 2.05) is 101 Å². The zero-order valence-electron chi connectivity index (χ0n) is 24.3. The van der Waals surface area contributed by atoms with Crippen molar-refractivity contribution in [2.24, 2.45) is 0 Å². The number of aryl methyl sites for hydroxylation is 3. The molecule has 0 aliphatic carbocycles. The van der Waals surface area contributed by atoms with Crippen LogP contribution in [0.2, 0.25) is 0 Å². The lowest BCUT2D eigenvalue weighted by Crippen LogP contribution is -2.54.